The second kappa shape index (κ2) is 6.40. The summed E-state index contributed by atoms with van der Waals surface area (Å²) in [4.78, 5) is 0.263. The average molecular weight is 343 g/mol. The summed E-state index contributed by atoms with van der Waals surface area (Å²) in [7, 11) is -3.22. The number of tetrazole rings is 1. The molecule has 1 heterocycles. The molecule has 0 fully saturated rings. The van der Waals surface area contributed by atoms with Gasteiger partial charge in [-0.2, -0.15) is 4.68 Å². The van der Waals surface area contributed by atoms with Crippen molar-refractivity contribution in [1.82, 2.24) is 20.2 Å². The molecule has 8 heteroatoms. The predicted molar refractivity (Wildman–Crippen MR) is 90.8 cm³/mol. The topological polar surface area (TPSA) is 89.8 Å². The smallest absolute Gasteiger partial charge is 0.175 e. The van der Waals surface area contributed by atoms with E-state index in [4.69, 9.17) is 0 Å². The summed E-state index contributed by atoms with van der Waals surface area (Å²) in [5.41, 5.74) is 2.85. The van der Waals surface area contributed by atoms with Gasteiger partial charge in [-0.3, -0.25) is 0 Å². The molecular formula is C16H17N5O2S. The number of nitrogens with one attached hydrogen (secondary N) is 1. The number of rotatable bonds is 5. The van der Waals surface area contributed by atoms with Crippen LogP contribution in [0.15, 0.2) is 53.4 Å². The molecule has 0 spiro atoms. The molecule has 3 rings (SSSR count). The number of benzene rings is 2. The van der Waals surface area contributed by atoms with Gasteiger partial charge in [0, 0.05) is 11.9 Å². The Morgan fingerprint density at radius 1 is 1.12 bits per heavy atom. The first-order valence-electron chi connectivity index (χ1n) is 7.32. The van der Waals surface area contributed by atoms with Crippen molar-refractivity contribution >= 4 is 15.5 Å². The van der Waals surface area contributed by atoms with Gasteiger partial charge in [0.15, 0.2) is 15.7 Å². The maximum Gasteiger partial charge on any atom is 0.175 e. The molecule has 0 unspecified atom stereocenters. The van der Waals surface area contributed by atoms with E-state index in [2.05, 4.69) is 20.8 Å². The molecule has 0 saturated heterocycles. The average Bonchev–Trinajstić information content (AvgIpc) is 3.01. The van der Waals surface area contributed by atoms with Gasteiger partial charge in [0.05, 0.1) is 17.1 Å². The maximum atomic E-state index is 11.5. The highest BCUT2D eigenvalue weighted by Crippen LogP contribution is 2.15. The van der Waals surface area contributed by atoms with Crippen molar-refractivity contribution in [3.63, 3.8) is 0 Å². The van der Waals surface area contributed by atoms with Gasteiger partial charge in [-0.15, -0.1) is 5.10 Å². The van der Waals surface area contributed by atoms with Crippen molar-refractivity contribution in [2.24, 2.45) is 0 Å². The Morgan fingerprint density at radius 3 is 2.54 bits per heavy atom. The third kappa shape index (κ3) is 3.60. The molecule has 124 valence electrons. The number of hydrogen-bond acceptors (Lipinski definition) is 6. The first-order chi connectivity index (χ1) is 11.4. The van der Waals surface area contributed by atoms with E-state index in [9.17, 15) is 8.42 Å². The SMILES string of the molecule is Cc1cccc(NCc2nnnn2-c2ccc(S(C)(=O)=O)cc2)c1. The van der Waals surface area contributed by atoms with Crippen LogP contribution in [0.4, 0.5) is 5.69 Å². The molecule has 1 aromatic heterocycles. The minimum atomic E-state index is -3.22. The molecule has 0 aliphatic heterocycles. The van der Waals surface area contributed by atoms with Gasteiger partial charge in [0.2, 0.25) is 0 Å². The van der Waals surface area contributed by atoms with Crippen molar-refractivity contribution in [3.05, 3.63) is 59.9 Å². The quantitative estimate of drug-likeness (QED) is 0.762. The summed E-state index contributed by atoms with van der Waals surface area (Å²) < 4.78 is 24.6. The van der Waals surface area contributed by atoms with Gasteiger partial charge in [0.1, 0.15) is 0 Å². The van der Waals surface area contributed by atoms with E-state index >= 15 is 0 Å². The first kappa shape index (κ1) is 16.1. The van der Waals surface area contributed by atoms with Crippen LogP contribution < -0.4 is 5.32 Å². The van der Waals surface area contributed by atoms with E-state index in [0.717, 1.165) is 11.3 Å². The van der Waals surface area contributed by atoms with E-state index in [1.165, 1.54) is 6.26 Å². The van der Waals surface area contributed by atoms with Crippen molar-refractivity contribution in [2.75, 3.05) is 11.6 Å². The molecule has 0 radical (unpaired) electrons. The van der Waals surface area contributed by atoms with Crippen molar-refractivity contribution in [2.45, 2.75) is 18.4 Å². The lowest BCUT2D eigenvalue weighted by molar-refractivity contribution is 0.602. The van der Waals surface area contributed by atoms with E-state index in [1.807, 2.05) is 31.2 Å². The number of aryl methyl sites for hydroxylation is 1. The van der Waals surface area contributed by atoms with Crippen molar-refractivity contribution in [1.29, 1.82) is 0 Å². The predicted octanol–water partition coefficient (Wildman–Crippen LogP) is 1.99. The number of aromatic nitrogens is 4. The highest BCUT2D eigenvalue weighted by Gasteiger charge is 2.11. The minimum Gasteiger partial charge on any atom is -0.378 e. The van der Waals surface area contributed by atoms with Gasteiger partial charge in [-0.1, -0.05) is 12.1 Å². The molecule has 0 aliphatic rings. The number of sulfone groups is 1. The second-order valence-electron chi connectivity index (χ2n) is 5.50. The molecule has 0 aliphatic carbocycles. The zero-order valence-electron chi connectivity index (χ0n) is 13.3. The Hall–Kier alpha value is -2.74. The molecular weight excluding hydrogens is 326 g/mol. The fourth-order valence-electron chi connectivity index (χ4n) is 2.29. The zero-order valence-corrected chi connectivity index (χ0v) is 14.2. The Balaban J connectivity index is 1.80. The summed E-state index contributed by atoms with van der Waals surface area (Å²) in [5, 5.41) is 15.0. The van der Waals surface area contributed by atoms with E-state index in [0.29, 0.717) is 18.1 Å². The Labute approximate surface area is 140 Å². The third-order valence-corrected chi connectivity index (χ3v) is 4.64. The molecule has 3 aromatic rings. The molecule has 2 aromatic carbocycles. The van der Waals surface area contributed by atoms with Crippen LogP contribution in [0.1, 0.15) is 11.4 Å². The highest BCUT2D eigenvalue weighted by molar-refractivity contribution is 7.90. The van der Waals surface area contributed by atoms with Gasteiger partial charge in [0.25, 0.3) is 0 Å². The molecule has 0 amide bonds. The molecule has 0 bridgehead atoms. The van der Waals surface area contributed by atoms with Crippen LogP contribution >= 0.6 is 0 Å². The number of nitrogens with zero attached hydrogens (tertiary/aromatic N) is 4. The first-order valence-corrected chi connectivity index (χ1v) is 9.21. The van der Waals surface area contributed by atoms with E-state index < -0.39 is 9.84 Å². The normalized spacial score (nSPS) is 11.4. The highest BCUT2D eigenvalue weighted by atomic mass is 32.2. The van der Waals surface area contributed by atoms with Crippen LogP contribution in [0.2, 0.25) is 0 Å². The fourth-order valence-corrected chi connectivity index (χ4v) is 2.92. The lowest BCUT2D eigenvalue weighted by atomic mass is 10.2. The van der Waals surface area contributed by atoms with E-state index in [1.54, 1.807) is 28.9 Å². The second-order valence-corrected chi connectivity index (χ2v) is 7.51. The summed E-state index contributed by atoms with van der Waals surface area (Å²) in [5.74, 6) is 0.628. The van der Waals surface area contributed by atoms with Crippen LogP contribution in [0.25, 0.3) is 5.69 Å². The minimum absolute atomic E-state index is 0.263. The summed E-state index contributed by atoms with van der Waals surface area (Å²) in [6.07, 6.45) is 1.18. The lowest BCUT2D eigenvalue weighted by Crippen LogP contribution is -2.09. The van der Waals surface area contributed by atoms with E-state index in [-0.39, 0.29) is 4.90 Å². The molecule has 0 saturated carbocycles. The van der Waals surface area contributed by atoms with Gasteiger partial charge in [-0.05, 0) is 59.3 Å². The summed E-state index contributed by atoms with van der Waals surface area (Å²) >= 11 is 0. The molecule has 1 N–H and O–H groups in total. The Bertz CT molecular complexity index is 949. The standard InChI is InChI=1S/C16H17N5O2S/c1-12-4-3-5-13(10-12)17-11-16-18-19-20-21(16)14-6-8-15(9-7-14)24(2,22)23/h3-10,17H,11H2,1-2H3. The van der Waals surface area contributed by atoms with Crippen LogP contribution in [0.3, 0.4) is 0 Å². The zero-order chi connectivity index (χ0) is 17.2. The van der Waals surface area contributed by atoms with Gasteiger partial charge in [-0.25, -0.2) is 8.42 Å². The Morgan fingerprint density at radius 2 is 1.88 bits per heavy atom. The van der Waals surface area contributed by atoms with Crippen LogP contribution in [0, 0.1) is 6.92 Å². The summed E-state index contributed by atoms with van der Waals surface area (Å²) in [6, 6.07) is 14.5. The summed E-state index contributed by atoms with van der Waals surface area (Å²) in [6.45, 7) is 2.48. The largest absolute Gasteiger partial charge is 0.378 e. The number of anilines is 1. The molecule has 24 heavy (non-hydrogen) atoms. The van der Waals surface area contributed by atoms with Gasteiger partial charge >= 0.3 is 0 Å². The van der Waals surface area contributed by atoms with Crippen molar-refractivity contribution in [3.8, 4) is 5.69 Å². The maximum absolute atomic E-state index is 11.5. The fraction of sp³-hybridized carbons (Fsp3) is 0.188. The van der Waals surface area contributed by atoms with Crippen LogP contribution in [0.5, 0.6) is 0 Å². The third-order valence-electron chi connectivity index (χ3n) is 3.51. The van der Waals surface area contributed by atoms with Crippen LogP contribution in [-0.2, 0) is 16.4 Å². The van der Waals surface area contributed by atoms with Gasteiger partial charge < -0.3 is 5.32 Å². The molecule has 7 nitrogen and oxygen atoms in total. The number of hydrogen-bond donors (Lipinski definition) is 1. The lowest BCUT2D eigenvalue weighted by Gasteiger charge is -2.08. The monoisotopic (exact) mass is 343 g/mol. The van der Waals surface area contributed by atoms with Crippen LogP contribution in [-0.4, -0.2) is 34.9 Å². The van der Waals surface area contributed by atoms with Crippen molar-refractivity contribution < 1.29 is 8.42 Å². The molecule has 0 atom stereocenters. The Kier molecular flexibility index (Phi) is 4.30.